The second kappa shape index (κ2) is 8.67. The summed E-state index contributed by atoms with van der Waals surface area (Å²) in [7, 11) is 0. The second-order valence-corrected chi connectivity index (χ2v) is 6.68. The van der Waals surface area contributed by atoms with E-state index < -0.39 is 0 Å². The molecular formula is C20H24O3S. The van der Waals surface area contributed by atoms with Crippen molar-refractivity contribution in [1.82, 2.24) is 0 Å². The lowest BCUT2D eigenvalue weighted by Crippen LogP contribution is -2.47. The highest BCUT2D eigenvalue weighted by molar-refractivity contribution is 7.80. The van der Waals surface area contributed by atoms with E-state index in [1.807, 2.05) is 36.4 Å². The Labute approximate surface area is 149 Å². The van der Waals surface area contributed by atoms with Crippen LogP contribution in [0.4, 0.5) is 0 Å². The third-order valence-corrected chi connectivity index (χ3v) is 4.59. The summed E-state index contributed by atoms with van der Waals surface area (Å²) in [5, 5.41) is 0. The van der Waals surface area contributed by atoms with Crippen LogP contribution in [0.3, 0.4) is 0 Å². The summed E-state index contributed by atoms with van der Waals surface area (Å²) in [6.07, 6.45) is 0.710. The minimum absolute atomic E-state index is 0.0276. The molecule has 1 saturated heterocycles. The van der Waals surface area contributed by atoms with Gasteiger partial charge in [0.2, 0.25) is 0 Å². The zero-order chi connectivity index (χ0) is 16.8. The van der Waals surface area contributed by atoms with Gasteiger partial charge in [0.25, 0.3) is 0 Å². The Balaban J connectivity index is 1.61. The number of ether oxygens (including phenoxy) is 3. The molecule has 4 atom stereocenters. The first-order valence-electron chi connectivity index (χ1n) is 8.37. The van der Waals surface area contributed by atoms with Crippen molar-refractivity contribution in [3.05, 3.63) is 71.8 Å². The van der Waals surface area contributed by atoms with Gasteiger partial charge in [0.1, 0.15) is 11.5 Å². The van der Waals surface area contributed by atoms with Crippen LogP contribution in [0, 0.1) is 0 Å². The van der Waals surface area contributed by atoms with Crippen molar-refractivity contribution in [3.8, 4) is 0 Å². The summed E-state index contributed by atoms with van der Waals surface area (Å²) in [6.45, 7) is 3.16. The second-order valence-electron chi connectivity index (χ2n) is 6.17. The molecule has 4 heteroatoms. The number of rotatable bonds is 6. The molecule has 0 spiro atoms. The summed E-state index contributed by atoms with van der Waals surface area (Å²) < 4.78 is 18.1. The van der Waals surface area contributed by atoms with Gasteiger partial charge in [-0.25, -0.2) is 0 Å². The van der Waals surface area contributed by atoms with Gasteiger partial charge in [-0.2, -0.15) is 0 Å². The molecule has 0 unspecified atom stereocenters. The topological polar surface area (TPSA) is 27.7 Å². The van der Waals surface area contributed by atoms with Crippen molar-refractivity contribution >= 4 is 12.6 Å². The van der Waals surface area contributed by atoms with Gasteiger partial charge in [-0.3, -0.25) is 0 Å². The average molecular weight is 344 g/mol. The largest absolute Gasteiger partial charge is 0.371 e. The standard InChI is InChI=1S/C20H24O3S/c1-15-12-18(21-13-16-8-4-2-5-9-16)19(20(24)23-15)22-14-17-10-6-3-7-11-17/h2-11,15,18-20,24H,12-14H2,1H3/t15-,18+,19-,20+/m1/s1. The third-order valence-electron chi connectivity index (χ3n) is 4.18. The Morgan fingerprint density at radius 2 is 1.46 bits per heavy atom. The Morgan fingerprint density at radius 1 is 0.917 bits per heavy atom. The van der Waals surface area contributed by atoms with Crippen molar-refractivity contribution in [1.29, 1.82) is 0 Å². The minimum atomic E-state index is -0.279. The number of benzene rings is 2. The molecule has 0 bridgehead atoms. The molecule has 2 aromatic rings. The average Bonchev–Trinajstić information content (AvgIpc) is 2.61. The lowest BCUT2D eigenvalue weighted by Gasteiger charge is -2.38. The van der Waals surface area contributed by atoms with Gasteiger partial charge in [0.15, 0.2) is 0 Å². The van der Waals surface area contributed by atoms with Crippen LogP contribution in [-0.4, -0.2) is 23.7 Å². The van der Waals surface area contributed by atoms with Gasteiger partial charge < -0.3 is 14.2 Å². The first-order valence-corrected chi connectivity index (χ1v) is 8.88. The number of hydrogen-bond donors (Lipinski definition) is 1. The molecule has 3 nitrogen and oxygen atoms in total. The number of thiol groups is 1. The lowest BCUT2D eigenvalue weighted by atomic mass is 10.0. The molecule has 1 fully saturated rings. The molecular weight excluding hydrogens is 320 g/mol. The zero-order valence-electron chi connectivity index (χ0n) is 13.9. The molecule has 1 aliphatic rings. The molecule has 0 N–H and O–H groups in total. The maximum atomic E-state index is 6.16. The van der Waals surface area contributed by atoms with Crippen LogP contribution in [0.5, 0.6) is 0 Å². The van der Waals surface area contributed by atoms with E-state index >= 15 is 0 Å². The maximum absolute atomic E-state index is 6.16. The van der Waals surface area contributed by atoms with E-state index in [0.717, 1.165) is 17.5 Å². The van der Waals surface area contributed by atoms with Crippen LogP contribution in [0.15, 0.2) is 60.7 Å². The van der Waals surface area contributed by atoms with Gasteiger partial charge in [-0.15, -0.1) is 12.6 Å². The lowest BCUT2D eigenvalue weighted by molar-refractivity contribution is -0.178. The van der Waals surface area contributed by atoms with Crippen molar-refractivity contribution in [2.75, 3.05) is 0 Å². The van der Waals surface area contributed by atoms with Gasteiger partial charge in [0, 0.05) is 6.42 Å². The predicted molar refractivity (Wildman–Crippen MR) is 98.0 cm³/mol. The molecule has 0 saturated carbocycles. The van der Waals surface area contributed by atoms with Crippen LogP contribution in [0.25, 0.3) is 0 Å². The fourth-order valence-electron chi connectivity index (χ4n) is 2.91. The Bertz CT molecular complexity index is 605. The van der Waals surface area contributed by atoms with Gasteiger partial charge in [-0.05, 0) is 18.1 Å². The Morgan fingerprint density at radius 3 is 2.04 bits per heavy atom. The normalized spacial score (nSPS) is 27.1. The summed E-state index contributed by atoms with van der Waals surface area (Å²) in [4.78, 5) is 0. The number of hydrogen-bond acceptors (Lipinski definition) is 4. The fourth-order valence-corrected chi connectivity index (χ4v) is 3.40. The van der Waals surface area contributed by atoms with Crippen LogP contribution < -0.4 is 0 Å². The fraction of sp³-hybridized carbons (Fsp3) is 0.400. The summed E-state index contributed by atoms with van der Waals surface area (Å²) in [6, 6.07) is 20.3. The molecule has 0 radical (unpaired) electrons. The van der Waals surface area contributed by atoms with Gasteiger partial charge in [-0.1, -0.05) is 60.7 Å². The van der Waals surface area contributed by atoms with Gasteiger partial charge >= 0.3 is 0 Å². The first kappa shape index (κ1) is 17.5. The highest BCUT2D eigenvalue weighted by Gasteiger charge is 2.37. The van der Waals surface area contributed by atoms with Gasteiger partial charge in [0.05, 0.1) is 25.4 Å². The summed E-state index contributed by atoms with van der Waals surface area (Å²) >= 11 is 4.57. The minimum Gasteiger partial charge on any atom is -0.371 e. The molecule has 0 aromatic heterocycles. The molecule has 2 aromatic carbocycles. The van der Waals surface area contributed by atoms with Crippen LogP contribution >= 0.6 is 12.6 Å². The van der Waals surface area contributed by atoms with E-state index in [1.165, 1.54) is 0 Å². The van der Waals surface area contributed by atoms with E-state index in [1.54, 1.807) is 0 Å². The highest BCUT2D eigenvalue weighted by atomic mass is 32.1. The SMILES string of the molecule is C[C@@H]1C[C@H](OCc2ccccc2)[C@@H](OCc2ccccc2)[C@H](S)O1. The highest BCUT2D eigenvalue weighted by Crippen LogP contribution is 2.28. The summed E-state index contributed by atoms with van der Waals surface area (Å²) in [5.74, 6) is 0. The van der Waals surface area contributed by atoms with E-state index in [2.05, 4.69) is 43.8 Å². The molecule has 0 aliphatic carbocycles. The predicted octanol–water partition coefficient (Wildman–Crippen LogP) is 4.22. The molecule has 128 valence electrons. The summed E-state index contributed by atoms with van der Waals surface area (Å²) in [5.41, 5.74) is 2.02. The third kappa shape index (κ3) is 4.84. The van der Waals surface area contributed by atoms with Crippen LogP contribution in [-0.2, 0) is 27.4 Å². The monoisotopic (exact) mass is 344 g/mol. The maximum Gasteiger partial charge on any atom is 0.129 e. The van der Waals surface area contributed by atoms with E-state index in [9.17, 15) is 0 Å². The quantitative estimate of drug-likeness (QED) is 0.795. The molecule has 3 rings (SSSR count). The van der Waals surface area contributed by atoms with Crippen LogP contribution in [0.2, 0.25) is 0 Å². The first-order chi connectivity index (χ1) is 11.7. The van der Waals surface area contributed by atoms with Crippen molar-refractivity contribution in [2.45, 2.75) is 50.3 Å². The van der Waals surface area contributed by atoms with Crippen LogP contribution in [0.1, 0.15) is 24.5 Å². The van der Waals surface area contributed by atoms with Crippen molar-refractivity contribution in [2.24, 2.45) is 0 Å². The van der Waals surface area contributed by atoms with E-state index in [4.69, 9.17) is 14.2 Å². The smallest absolute Gasteiger partial charge is 0.129 e. The van der Waals surface area contributed by atoms with Crippen molar-refractivity contribution in [3.63, 3.8) is 0 Å². The van der Waals surface area contributed by atoms with Crippen molar-refractivity contribution < 1.29 is 14.2 Å². The molecule has 24 heavy (non-hydrogen) atoms. The zero-order valence-corrected chi connectivity index (χ0v) is 14.8. The molecule has 1 aliphatic heterocycles. The molecule has 1 heterocycles. The molecule has 0 amide bonds. The Hall–Kier alpha value is -1.33. The van der Waals surface area contributed by atoms with E-state index in [0.29, 0.717) is 13.2 Å². The Kier molecular flexibility index (Phi) is 6.32. The van der Waals surface area contributed by atoms with E-state index in [-0.39, 0.29) is 23.7 Å².